The fraction of sp³-hybridized carbons (Fsp3) is 0.526. The molecule has 0 fully saturated rings. The van der Waals surface area contributed by atoms with E-state index in [4.69, 9.17) is 4.74 Å². The predicted molar refractivity (Wildman–Crippen MR) is 90.6 cm³/mol. The summed E-state index contributed by atoms with van der Waals surface area (Å²) in [5.74, 6) is -0.451. The smallest absolute Gasteiger partial charge is 0.311 e. The highest BCUT2D eigenvalue weighted by molar-refractivity contribution is 6.21. The van der Waals surface area contributed by atoms with Crippen LogP contribution >= 0.6 is 0 Å². The van der Waals surface area contributed by atoms with Crippen LogP contribution in [0.4, 0.5) is 0 Å². The second kappa shape index (κ2) is 7.16. The predicted octanol–water partition coefficient (Wildman–Crippen LogP) is 3.29. The molecule has 130 valence electrons. The maximum atomic E-state index is 12.3. The molecule has 0 aromatic heterocycles. The lowest BCUT2D eigenvalue weighted by Crippen LogP contribution is -2.33. The second-order valence-electron chi connectivity index (χ2n) is 7.29. The zero-order valence-electron chi connectivity index (χ0n) is 14.8. The number of esters is 1. The van der Waals surface area contributed by atoms with Gasteiger partial charge in [0.05, 0.1) is 23.1 Å². The highest BCUT2D eigenvalue weighted by atomic mass is 16.5. The Bertz CT molecular complexity index is 614. The lowest BCUT2D eigenvalue weighted by atomic mass is 9.88. The lowest BCUT2D eigenvalue weighted by molar-refractivity contribution is -0.155. The van der Waals surface area contributed by atoms with Gasteiger partial charge in [0.1, 0.15) is 0 Å². The van der Waals surface area contributed by atoms with Crippen LogP contribution in [0.2, 0.25) is 0 Å². The van der Waals surface area contributed by atoms with Gasteiger partial charge in [-0.3, -0.25) is 19.3 Å². The molecule has 0 radical (unpaired) electrons. The van der Waals surface area contributed by atoms with Gasteiger partial charge in [0.25, 0.3) is 11.8 Å². The van der Waals surface area contributed by atoms with Crippen molar-refractivity contribution in [2.45, 2.75) is 40.5 Å². The van der Waals surface area contributed by atoms with Crippen molar-refractivity contribution in [1.82, 2.24) is 4.90 Å². The highest BCUT2D eigenvalue weighted by Gasteiger charge is 2.35. The summed E-state index contributed by atoms with van der Waals surface area (Å²) in [4.78, 5) is 38.0. The van der Waals surface area contributed by atoms with Crippen LogP contribution in [-0.4, -0.2) is 35.8 Å². The third-order valence-corrected chi connectivity index (χ3v) is 4.16. The fourth-order valence-electron chi connectivity index (χ4n) is 2.66. The summed E-state index contributed by atoms with van der Waals surface area (Å²) < 4.78 is 5.30. The van der Waals surface area contributed by atoms with Gasteiger partial charge < -0.3 is 4.74 Å². The number of rotatable bonds is 7. The fourth-order valence-corrected chi connectivity index (χ4v) is 2.66. The van der Waals surface area contributed by atoms with Gasteiger partial charge >= 0.3 is 5.97 Å². The van der Waals surface area contributed by atoms with Gasteiger partial charge in [0, 0.05) is 6.54 Å². The molecule has 24 heavy (non-hydrogen) atoms. The number of carbonyl (C=O) groups is 3. The minimum absolute atomic E-state index is 0.237. The molecule has 1 aromatic rings. The molecule has 1 aromatic carbocycles. The number of hydrogen-bond acceptors (Lipinski definition) is 4. The van der Waals surface area contributed by atoms with Crippen molar-refractivity contribution in [1.29, 1.82) is 0 Å². The first-order valence-electron chi connectivity index (χ1n) is 8.36. The van der Waals surface area contributed by atoms with Crippen molar-refractivity contribution in [3.63, 3.8) is 0 Å². The van der Waals surface area contributed by atoms with E-state index in [1.807, 2.05) is 27.7 Å². The second-order valence-corrected chi connectivity index (χ2v) is 7.29. The first kappa shape index (κ1) is 18.2. The number of amides is 2. The number of imide groups is 1. The lowest BCUT2D eigenvalue weighted by Gasteiger charge is -2.24. The standard InChI is InChI=1S/C19H25NO4/c1-13(2)12-24-18(23)19(3,4)10-7-11-20-16(21)14-8-5-6-9-15(14)17(20)22/h5-6,8-9,13H,7,10-12H2,1-4H3. The van der Waals surface area contributed by atoms with Gasteiger partial charge in [0.2, 0.25) is 0 Å². The van der Waals surface area contributed by atoms with E-state index >= 15 is 0 Å². The van der Waals surface area contributed by atoms with Crippen LogP contribution in [0.25, 0.3) is 0 Å². The summed E-state index contributed by atoms with van der Waals surface area (Å²) in [6, 6.07) is 6.84. The highest BCUT2D eigenvalue weighted by Crippen LogP contribution is 2.27. The summed E-state index contributed by atoms with van der Waals surface area (Å²) in [6.45, 7) is 8.36. The maximum absolute atomic E-state index is 12.3. The van der Waals surface area contributed by atoms with Gasteiger partial charge in [-0.1, -0.05) is 26.0 Å². The molecule has 0 N–H and O–H groups in total. The minimum Gasteiger partial charge on any atom is -0.465 e. The molecule has 0 unspecified atom stereocenters. The van der Waals surface area contributed by atoms with E-state index in [-0.39, 0.29) is 17.8 Å². The Hall–Kier alpha value is -2.17. The molecule has 2 rings (SSSR count). The van der Waals surface area contributed by atoms with Crippen LogP contribution < -0.4 is 0 Å². The van der Waals surface area contributed by atoms with E-state index in [2.05, 4.69) is 0 Å². The molecule has 0 atom stereocenters. The Morgan fingerprint density at radius 1 is 1.12 bits per heavy atom. The average Bonchev–Trinajstić information content (AvgIpc) is 2.77. The van der Waals surface area contributed by atoms with E-state index in [0.717, 1.165) is 0 Å². The molecule has 2 amide bonds. The molecule has 1 aliphatic heterocycles. The number of ether oxygens (including phenoxy) is 1. The maximum Gasteiger partial charge on any atom is 0.311 e. The third kappa shape index (κ3) is 3.83. The molecule has 1 heterocycles. The molecular formula is C19H25NO4. The zero-order chi connectivity index (χ0) is 17.9. The van der Waals surface area contributed by atoms with Crippen molar-refractivity contribution < 1.29 is 19.1 Å². The van der Waals surface area contributed by atoms with Gasteiger partial charge in [-0.15, -0.1) is 0 Å². The van der Waals surface area contributed by atoms with Crippen molar-refractivity contribution in [3.8, 4) is 0 Å². The molecule has 5 nitrogen and oxygen atoms in total. The molecule has 0 bridgehead atoms. The van der Waals surface area contributed by atoms with Gasteiger partial charge in [-0.2, -0.15) is 0 Å². The average molecular weight is 331 g/mol. The number of hydrogen-bond donors (Lipinski definition) is 0. The van der Waals surface area contributed by atoms with Crippen LogP contribution in [0, 0.1) is 11.3 Å². The van der Waals surface area contributed by atoms with Gasteiger partial charge in [-0.25, -0.2) is 0 Å². The molecule has 0 saturated heterocycles. The summed E-state index contributed by atoms with van der Waals surface area (Å²) >= 11 is 0. The van der Waals surface area contributed by atoms with E-state index in [1.54, 1.807) is 24.3 Å². The molecule has 5 heteroatoms. The van der Waals surface area contributed by atoms with Crippen LogP contribution in [0.3, 0.4) is 0 Å². The van der Waals surface area contributed by atoms with Crippen LogP contribution in [0.15, 0.2) is 24.3 Å². The number of carbonyl (C=O) groups excluding carboxylic acids is 3. The quantitative estimate of drug-likeness (QED) is 0.568. The van der Waals surface area contributed by atoms with Gasteiger partial charge in [-0.05, 0) is 44.7 Å². The summed E-state index contributed by atoms with van der Waals surface area (Å²) in [6.07, 6.45) is 1.12. The molecule has 0 aliphatic carbocycles. The number of fused-ring (bicyclic) bond motifs is 1. The Balaban J connectivity index is 1.89. The largest absolute Gasteiger partial charge is 0.465 e. The zero-order valence-corrected chi connectivity index (χ0v) is 14.8. The SMILES string of the molecule is CC(C)COC(=O)C(C)(C)CCCN1C(=O)c2ccccc2C1=O. The van der Waals surface area contributed by atoms with E-state index < -0.39 is 5.41 Å². The summed E-state index contributed by atoms with van der Waals surface area (Å²) in [7, 11) is 0. The number of benzene rings is 1. The van der Waals surface area contributed by atoms with Crippen molar-refractivity contribution in [2.75, 3.05) is 13.2 Å². The normalized spacial score (nSPS) is 14.3. The molecule has 0 saturated carbocycles. The minimum atomic E-state index is -0.631. The summed E-state index contributed by atoms with van der Waals surface area (Å²) in [5.41, 5.74) is 0.282. The van der Waals surface area contributed by atoms with E-state index in [0.29, 0.717) is 43.0 Å². The Labute approximate surface area is 143 Å². The monoisotopic (exact) mass is 331 g/mol. The topological polar surface area (TPSA) is 63.7 Å². The van der Waals surface area contributed by atoms with E-state index in [9.17, 15) is 14.4 Å². The van der Waals surface area contributed by atoms with Crippen molar-refractivity contribution >= 4 is 17.8 Å². The number of nitrogens with zero attached hydrogens (tertiary/aromatic N) is 1. The van der Waals surface area contributed by atoms with Crippen molar-refractivity contribution in [3.05, 3.63) is 35.4 Å². The van der Waals surface area contributed by atoms with E-state index in [1.165, 1.54) is 4.90 Å². The molecule has 0 spiro atoms. The summed E-state index contributed by atoms with van der Waals surface area (Å²) in [5, 5.41) is 0. The Kier molecular flexibility index (Phi) is 5.42. The van der Waals surface area contributed by atoms with Crippen LogP contribution in [0.1, 0.15) is 61.3 Å². The Morgan fingerprint density at radius 2 is 1.67 bits per heavy atom. The molecular weight excluding hydrogens is 306 g/mol. The van der Waals surface area contributed by atoms with Gasteiger partial charge in [0.15, 0.2) is 0 Å². The first-order valence-corrected chi connectivity index (χ1v) is 8.36. The van der Waals surface area contributed by atoms with Crippen molar-refractivity contribution in [2.24, 2.45) is 11.3 Å². The van der Waals surface area contributed by atoms with Crippen LogP contribution in [-0.2, 0) is 9.53 Å². The Morgan fingerprint density at radius 3 is 2.17 bits per heavy atom. The third-order valence-electron chi connectivity index (χ3n) is 4.16. The molecule has 1 aliphatic rings. The van der Waals surface area contributed by atoms with Crippen LogP contribution in [0.5, 0.6) is 0 Å². The first-order chi connectivity index (χ1) is 11.2.